The molecule has 2 aliphatic rings. The Labute approximate surface area is 205 Å². The van der Waals surface area contributed by atoms with Crippen molar-refractivity contribution in [2.45, 2.75) is 58.0 Å². The third-order valence-corrected chi connectivity index (χ3v) is 6.91. The van der Waals surface area contributed by atoms with Gasteiger partial charge >= 0.3 is 0 Å². The number of fused-ring (bicyclic) bond motifs is 1. The van der Waals surface area contributed by atoms with Crippen molar-refractivity contribution in [2.75, 3.05) is 40.8 Å². The van der Waals surface area contributed by atoms with E-state index in [0.29, 0.717) is 6.54 Å². The molecule has 0 aromatic heterocycles. The van der Waals surface area contributed by atoms with Gasteiger partial charge in [0.1, 0.15) is 0 Å². The maximum absolute atomic E-state index is 12.8. The van der Waals surface area contributed by atoms with Crippen molar-refractivity contribution in [3.63, 3.8) is 0 Å². The number of guanidine groups is 1. The Bertz CT molecular complexity index is 771. The number of carbonyl (C=O) groups is 1. The summed E-state index contributed by atoms with van der Waals surface area (Å²) in [6, 6.07) is 8.76. The smallest absolute Gasteiger partial charge is 0.230 e. The predicted molar refractivity (Wildman–Crippen MR) is 139 cm³/mol. The SMILES string of the molecule is CN=C(NCC1(C(=O)N(C)C)CCCC1)NCC(C)(C)N1CCc2ccccc2C1.I. The number of nitrogens with one attached hydrogen (secondary N) is 2. The van der Waals surface area contributed by atoms with Gasteiger partial charge in [0.15, 0.2) is 5.96 Å². The molecule has 1 aromatic carbocycles. The number of aliphatic imine (C=N–C) groups is 1. The minimum Gasteiger partial charge on any atom is -0.355 e. The van der Waals surface area contributed by atoms with Crippen LogP contribution in [0.1, 0.15) is 50.7 Å². The molecule has 1 amide bonds. The molecule has 0 atom stereocenters. The van der Waals surface area contributed by atoms with Gasteiger partial charge in [-0.25, -0.2) is 0 Å². The van der Waals surface area contributed by atoms with Gasteiger partial charge in [-0.2, -0.15) is 0 Å². The Hall–Kier alpha value is -1.35. The molecule has 1 saturated carbocycles. The van der Waals surface area contributed by atoms with Crippen LogP contribution in [0.15, 0.2) is 29.3 Å². The Morgan fingerprint density at radius 2 is 1.81 bits per heavy atom. The second-order valence-corrected chi connectivity index (χ2v) is 9.72. The van der Waals surface area contributed by atoms with Crippen LogP contribution in [0.4, 0.5) is 0 Å². The van der Waals surface area contributed by atoms with Gasteiger partial charge in [0.05, 0.1) is 5.41 Å². The second kappa shape index (κ2) is 11.0. The van der Waals surface area contributed by atoms with E-state index in [0.717, 1.165) is 57.7 Å². The molecule has 1 heterocycles. The summed E-state index contributed by atoms with van der Waals surface area (Å²) in [5, 5.41) is 6.96. The summed E-state index contributed by atoms with van der Waals surface area (Å²) in [4.78, 5) is 21.5. The third kappa shape index (κ3) is 6.12. The zero-order valence-corrected chi connectivity index (χ0v) is 22.2. The number of carbonyl (C=O) groups excluding carboxylic acids is 1. The maximum atomic E-state index is 12.8. The summed E-state index contributed by atoms with van der Waals surface area (Å²) < 4.78 is 0. The first kappa shape index (κ1) is 25.9. The van der Waals surface area contributed by atoms with Crippen LogP contribution in [-0.4, -0.2) is 68.0 Å². The third-order valence-electron chi connectivity index (χ3n) is 6.91. The number of halogens is 1. The van der Waals surface area contributed by atoms with Gasteiger partial charge in [-0.15, -0.1) is 24.0 Å². The Kier molecular flexibility index (Phi) is 9.18. The first-order valence-corrected chi connectivity index (χ1v) is 11.3. The van der Waals surface area contributed by atoms with E-state index in [1.807, 2.05) is 14.1 Å². The summed E-state index contributed by atoms with van der Waals surface area (Å²) in [6.45, 7) is 8.06. The molecule has 1 aliphatic carbocycles. The maximum Gasteiger partial charge on any atom is 0.230 e. The van der Waals surface area contributed by atoms with E-state index in [9.17, 15) is 4.79 Å². The van der Waals surface area contributed by atoms with Gasteiger partial charge in [-0.1, -0.05) is 37.1 Å². The number of rotatable bonds is 6. The first-order chi connectivity index (χ1) is 14.3. The molecule has 0 unspecified atom stereocenters. The van der Waals surface area contributed by atoms with E-state index in [-0.39, 0.29) is 40.8 Å². The van der Waals surface area contributed by atoms with Crippen molar-refractivity contribution in [3.05, 3.63) is 35.4 Å². The van der Waals surface area contributed by atoms with Crippen molar-refractivity contribution >= 4 is 35.8 Å². The fraction of sp³-hybridized carbons (Fsp3) is 0.667. The molecule has 31 heavy (non-hydrogen) atoms. The van der Waals surface area contributed by atoms with Crippen LogP contribution in [0.25, 0.3) is 0 Å². The number of amides is 1. The van der Waals surface area contributed by atoms with E-state index >= 15 is 0 Å². The minimum absolute atomic E-state index is 0. The molecule has 6 nitrogen and oxygen atoms in total. The lowest BCUT2D eigenvalue weighted by Gasteiger charge is -2.42. The lowest BCUT2D eigenvalue weighted by molar-refractivity contribution is -0.138. The quantitative estimate of drug-likeness (QED) is 0.330. The predicted octanol–water partition coefficient (Wildman–Crippen LogP) is 3.25. The Balaban J connectivity index is 0.00000341. The minimum atomic E-state index is -0.298. The van der Waals surface area contributed by atoms with Crippen molar-refractivity contribution in [2.24, 2.45) is 10.4 Å². The molecular weight excluding hydrogens is 501 g/mol. The van der Waals surface area contributed by atoms with Crippen molar-refractivity contribution in [3.8, 4) is 0 Å². The fourth-order valence-corrected chi connectivity index (χ4v) is 4.89. The summed E-state index contributed by atoms with van der Waals surface area (Å²) in [5.74, 6) is 1.01. The highest BCUT2D eigenvalue weighted by Crippen LogP contribution is 2.38. The topological polar surface area (TPSA) is 60.0 Å². The molecule has 0 bridgehead atoms. The van der Waals surface area contributed by atoms with E-state index in [2.05, 4.69) is 58.6 Å². The average Bonchev–Trinajstić information content (AvgIpc) is 3.23. The first-order valence-electron chi connectivity index (χ1n) is 11.3. The lowest BCUT2D eigenvalue weighted by atomic mass is 9.84. The zero-order chi connectivity index (χ0) is 21.8. The van der Waals surface area contributed by atoms with Crippen LogP contribution in [0, 0.1) is 5.41 Å². The highest BCUT2D eigenvalue weighted by atomic mass is 127. The van der Waals surface area contributed by atoms with Crippen LogP contribution in [-0.2, 0) is 17.8 Å². The van der Waals surface area contributed by atoms with Crippen molar-refractivity contribution in [1.29, 1.82) is 0 Å². The summed E-state index contributed by atoms with van der Waals surface area (Å²) in [5.41, 5.74) is 2.61. The highest BCUT2D eigenvalue weighted by Gasteiger charge is 2.42. The summed E-state index contributed by atoms with van der Waals surface area (Å²) in [7, 11) is 5.51. The Morgan fingerprint density at radius 3 is 2.42 bits per heavy atom. The van der Waals surface area contributed by atoms with Crippen molar-refractivity contribution in [1.82, 2.24) is 20.4 Å². The summed E-state index contributed by atoms with van der Waals surface area (Å²) >= 11 is 0. The van der Waals surface area contributed by atoms with Crippen LogP contribution in [0.2, 0.25) is 0 Å². The standard InChI is InChI=1S/C24H39N5O.HI/c1-23(2,29-15-12-19-10-6-7-11-20(19)16-29)17-26-22(25-3)27-18-24(13-8-9-14-24)21(30)28(4)5;/h6-7,10-11H,8-9,12-18H2,1-5H3,(H2,25,26,27);1H. The summed E-state index contributed by atoms with van der Waals surface area (Å²) in [6.07, 6.45) is 5.24. The van der Waals surface area contributed by atoms with Gasteiger partial charge in [0.25, 0.3) is 0 Å². The van der Waals surface area contributed by atoms with E-state index in [4.69, 9.17) is 0 Å². The zero-order valence-electron chi connectivity index (χ0n) is 19.8. The van der Waals surface area contributed by atoms with Crippen molar-refractivity contribution < 1.29 is 4.79 Å². The van der Waals surface area contributed by atoms with E-state index in [1.165, 1.54) is 11.1 Å². The van der Waals surface area contributed by atoms with Gasteiger partial charge in [0, 0.05) is 52.9 Å². The Morgan fingerprint density at radius 1 is 1.16 bits per heavy atom. The molecule has 2 N–H and O–H groups in total. The number of hydrogen-bond acceptors (Lipinski definition) is 3. The largest absolute Gasteiger partial charge is 0.355 e. The van der Waals surface area contributed by atoms with Gasteiger partial charge < -0.3 is 15.5 Å². The van der Waals surface area contributed by atoms with Crippen LogP contribution >= 0.6 is 24.0 Å². The number of hydrogen-bond donors (Lipinski definition) is 2. The van der Waals surface area contributed by atoms with E-state index < -0.39 is 0 Å². The average molecular weight is 542 g/mol. The lowest BCUT2D eigenvalue weighted by Crippen LogP contribution is -2.55. The molecule has 3 rings (SSSR count). The monoisotopic (exact) mass is 541 g/mol. The molecule has 1 fully saturated rings. The molecule has 7 heteroatoms. The molecule has 1 aromatic rings. The number of nitrogens with zero attached hydrogens (tertiary/aromatic N) is 3. The molecule has 0 spiro atoms. The van der Waals surface area contributed by atoms with Crippen LogP contribution < -0.4 is 10.6 Å². The molecular formula is C24H40IN5O. The highest BCUT2D eigenvalue weighted by molar-refractivity contribution is 14.0. The van der Waals surface area contributed by atoms with Crippen LogP contribution in [0.3, 0.4) is 0 Å². The van der Waals surface area contributed by atoms with Crippen LogP contribution in [0.5, 0.6) is 0 Å². The number of benzene rings is 1. The normalized spacial score (nSPS) is 18.7. The van der Waals surface area contributed by atoms with Gasteiger partial charge in [-0.3, -0.25) is 14.7 Å². The van der Waals surface area contributed by atoms with E-state index in [1.54, 1.807) is 11.9 Å². The van der Waals surface area contributed by atoms with Gasteiger partial charge in [-0.05, 0) is 44.2 Å². The molecule has 1 aliphatic heterocycles. The molecule has 174 valence electrons. The van der Waals surface area contributed by atoms with Gasteiger partial charge in [0.2, 0.25) is 5.91 Å². The fourth-order valence-electron chi connectivity index (χ4n) is 4.89. The molecule has 0 saturated heterocycles. The second-order valence-electron chi connectivity index (χ2n) is 9.72. The molecule has 0 radical (unpaired) electrons.